The Morgan fingerprint density at radius 2 is 1.51 bits per heavy atom. The summed E-state index contributed by atoms with van der Waals surface area (Å²) in [5, 5.41) is 0. The predicted molar refractivity (Wildman–Crippen MR) is 145 cm³/mol. The Morgan fingerprint density at radius 1 is 0.857 bits per heavy atom. The van der Waals surface area contributed by atoms with Crippen LogP contribution in [-0.4, -0.2) is 37.4 Å². The summed E-state index contributed by atoms with van der Waals surface area (Å²) in [5.74, 6) is 0.397. The number of hydrogen-bond donors (Lipinski definition) is 0. The van der Waals surface area contributed by atoms with Crippen molar-refractivity contribution < 1.29 is 18.8 Å². The normalized spacial score (nSPS) is 13.3. The summed E-state index contributed by atoms with van der Waals surface area (Å²) in [7, 11) is 4.41. The summed E-state index contributed by atoms with van der Waals surface area (Å²) in [4.78, 5) is 12.6. The van der Waals surface area contributed by atoms with Gasteiger partial charge in [0.25, 0.3) is 0 Å². The van der Waals surface area contributed by atoms with E-state index in [9.17, 15) is 4.79 Å². The average Bonchev–Trinajstić information content (AvgIpc) is 2.82. The molecule has 0 fully saturated rings. The molecule has 2 rings (SSSR count). The minimum absolute atomic E-state index is 0.169. The maximum absolute atomic E-state index is 12.6. The summed E-state index contributed by atoms with van der Waals surface area (Å²) in [6, 6.07) is 18.7. The van der Waals surface area contributed by atoms with Gasteiger partial charge in [-0.15, -0.1) is 0 Å². The van der Waals surface area contributed by atoms with Crippen molar-refractivity contribution in [1.82, 2.24) is 0 Å². The molecule has 0 N–H and O–H groups in total. The Labute approximate surface area is 214 Å². The second kappa shape index (κ2) is 15.6. The third-order valence-electron chi connectivity index (χ3n) is 6.57. The van der Waals surface area contributed by atoms with Gasteiger partial charge in [-0.1, -0.05) is 94.8 Å². The van der Waals surface area contributed by atoms with Crippen molar-refractivity contribution in [3.05, 3.63) is 65.7 Å². The molecule has 194 valence electrons. The molecule has 0 aromatic heterocycles. The van der Waals surface area contributed by atoms with E-state index < -0.39 is 6.29 Å². The first-order chi connectivity index (χ1) is 16.8. The van der Waals surface area contributed by atoms with Gasteiger partial charge in [0.2, 0.25) is 6.29 Å². The molecular weight excluding hydrogens is 434 g/mol. The molecule has 0 saturated heterocycles. The van der Waals surface area contributed by atoms with Crippen LogP contribution in [0.4, 0.5) is 0 Å². The topological polar surface area (TPSA) is 35.5 Å². The number of aryl methyl sites for hydroxylation is 1. The number of quaternary nitrogens is 1. The molecule has 0 spiro atoms. The highest BCUT2D eigenvalue weighted by Gasteiger charge is 2.23. The molecule has 2 aromatic carbocycles. The van der Waals surface area contributed by atoms with Gasteiger partial charge in [-0.2, -0.15) is 0 Å². The van der Waals surface area contributed by atoms with Crippen LogP contribution < -0.4 is 4.74 Å². The van der Waals surface area contributed by atoms with Crippen LogP contribution in [0.5, 0.6) is 5.75 Å². The fraction of sp³-hybridized carbons (Fsp3) is 0.581. The van der Waals surface area contributed by atoms with Crippen LogP contribution in [0.1, 0.15) is 83.3 Å². The number of benzene rings is 2. The molecule has 2 aromatic rings. The van der Waals surface area contributed by atoms with Gasteiger partial charge in [-0.3, -0.25) is 4.79 Å². The van der Waals surface area contributed by atoms with Crippen LogP contribution in [0.2, 0.25) is 0 Å². The Morgan fingerprint density at radius 3 is 2.23 bits per heavy atom. The Kier molecular flexibility index (Phi) is 12.9. The third-order valence-corrected chi connectivity index (χ3v) is 6.57. The van der Waals surface area contributed by atoms with Gasteiger partial charge in [0.1, 0.15) is 12.3 Å². The second-order valence-electron chi connectivity index (χ2n) is 10.6. The van der Waals surface area contributed by atoms with Gasteiger partial charge in [0.15, 0.2) is 0 Å². The summed E-state index contributed by atoms with van der Waals surface area (Å²) >= 11 is 0. The lowest BCUT2D eigenvalue weighted by molar-refractivity contribution is -0.904. The van der Waals surface area contributed by atoms with Crippen molar-refractivity contribution in [2.75, 3.05) is 20.6 Å². The zero-order chi connectivity index (χ0) is 25.5. The molecule has 4 nitrogen and oxygen atoms in total. The largest absolute Gasteiger partial charge is 0.455 e. The molecule has 35 heavy (non-hydrogen) atoms. The third kappa shape index (κ3) is 12.3. The van der Waals surface area contributed by atoms with Crippen molar-refractivity contribution in [3.63, 3.8) is 0 Å². The van der Waals surface area contributed by atoms with E-state index in [2.05, 4.69) is 57.4 Å². The molecule has 0 aliphatic carbocycles. The molecule has 0 bridgehead atoms. The van der Waals surface area contributed by atoms with Gasteiger partial charge in [0.05, 0.1) is 26.6 Å². The second-order valence-corrected chi connectivity index (χ2v) is 10.6. The van der Waals surface area contributed by atoms with Crippen LogP contribution in [0.3, 0.4) is 0 Å². The van der Waals surface area contributed by atoms with Crippen molar-refractivity contribution in [2.24, 2.45) is 5.92 Å². The van der Waals surface area contributed by atoms with E-state index in [-0.39, 0.29) is 11.9 Å². The molecule has 0 aliphatic heterocycles. The highest BCUT2D eigenvalue weighted by atomic mass is 16.7. The van der Waals surface area contributed by atoms with Crippen LogP contribution in [-0.2, 0) is 22.5 Å². The number of rotatable bonds is 17. The summed E-state index contributed by atoms with van der Waals surface area (Å²) < 4.78 is 12.4. The fourth-order valence-corrected chi connectivity index (χ4v) is 4.37. The molecule has 4 heteroatoms. The lowest BCUT2D eigenvalue weighted by Crippen LogP contribution is -2.41. The lowest BCUT2D eigenvalue weighted by atomic mass is 10.0. The summed E-state index contributed by atoms with van der Waals surface area (Å²) in [5.41, 5.74) is 2.59. The minimum atomic E-state index is -0.606. The number of esters is 1. The Bertz CT molecular complexity index is 849. The van der Waals surface area contributed by atoms with Crippen LogP contribution in [0.15, 0.2) is 54.6 Å². The highest BCUT2D eigenvalue weighted by molar-refractivity contribution is 5.72. The first-order valence-electron chi connectivity index (χ1n) is 13.6. The smallest absolute Gasteiger partial charge is 0.311 e. The molecule has 0 aliphatic rings. The summed E-state index contributed by atoms with van der Waals surface area (Å²) in [6.45, 7) is 7.84. The number of unbranched alkanes of at least 4 members (excludes halogenated alkanes) is 6. The zero-order valence-electron chi connectivity index (χ0n) is 22.8. The quantitative estimate of drug-likeness (QED) is 0.101. The predicted octanol–water partition coefficient (Wildman–Crippen LogP) is 7.55. The number of carbonyl (C=O) groups is 1. The molecule has 2 atom stereocenters. The van der Waals surface area contributed by atoms with Crippen LogP contribution >= 0.6 is 0 Å². The summed E-state index contributed by atoms with van der Waals surface area (Å²) in [6.07, 6.45) is 10.4. The van der Waals surface area contributed by atoms with Gasteiger partial charge in [0, 0.05) is 18.9 Å². The van der Waals surface area contributed by atoms with E-state index in [1.165, 1.54) is 56.1 Å². The monoisotopic (exact) mass is 482 g/mol. The molecular formula is C31H48NO3+. The first kappa shape index (κ1) is 28.9. The number of hydrogen-bond acceptors (Lipinski definition) is 3. The molecule has 0 radical (unpaired) electrons. The van der Waals surface area contributed by atoms with Gasteiger partial charge in [-0.25, -0.2) is 0 Å². The zero-order valence-corrected chi connectivity index (χ0v) is 22.8. The van der Waals surface area contributed by atoms with E-state index in [0.29, 0.717) is 0 Å². The maximum atomic E-state index is 12.6. The van der Waals surface area contributed by atoms with Crippen molar-refractivity contribution >= 4 is 5.97 Å². The van der Waals surface area contributed by atoms with Crippen molar-refractivity contribution in [2.45, 2.75) is 91.4 Å². The Balaban J connectivity index is 1.71. The molecule has 0 saturated carbocycles. The minimum Gasteiger partial charge on any atom is -0.455 e. The van der Waals surface area contributed by atoms with E-state index in [1.54, 1.807) is 6.92 Å². The van der Waals surface area contributed by atoms with Crippen LogP contribution in [0, 0.1) is 5.92 Å². The Hall–Kier alpha value is -2.33. The molecule has 0 amide bonds. The standard InChI is InChI=1S/C31H48NO3/c1-6-7-8-9-10-11-13-17-28-20-16-21-30(24-28)34-27(3)35-31(33)26(2)22-23-32(4,5)25-29-18-14-12-15-19-29/h12,14-16,18-21,24,26-27H,6-11,13,17,22-23,25H2,1-5H3/q+1. The van der Waals surface area contributed by atoms with E-state index in [0.717, 1.165) is 36.2 Å². The van der Waals surface area contributed by atoms with Crippen molar-refractivity contribution in [3.8, 4) is 5.75 Å². The van der Waals surface area contributed by atoms with E-state index >= 15 is 0 Å². The average molecular weight is 483 g/mol. The lowest BCUT2D eigenvalue weighted by Gasteiger charge is -2.31. The molecule has 0 heterocycles. The van der Waals surface area contributed by atoms with Crippen molar-refractivity contribution in [1.29, 1.82) is 0 Å². The fourth-order valence-electron chi connectivity index (χ4n) is 4.37. The van der Waals surface area contributed by atoms with E-state index in [4.69, 9.17) is 9.47 Å². The van der Waals surface area contributed by atoms with Gasteiger partial charge in [-0.05, 0) is 30.5 Å². The van der Waals surface area contributed by atoms with Gasteiger partial charge < -0.3 is 14.0 Å². The molecule has 2 unspecified atom stereocenters. The van der Waals surface area contributed by atoms with Gasteiger partial charge >= 0.3 is 5.97 Å². The first-order valence-corrected chi connectivity index (χ1v) is 13.6. The number of carbonyl (C=O) groups excluding carboxylic acids is 1. The SMILES string of the molecule is CCCCCCCCCc1cccc(OC(C)OC(=O)C(C)CC[N+](C)(C)Cc2ccccc2)c1. The maximum Gasteiger partial charge on any atom is 0.311 e. The highest BCUT2D eigenvalue weighted by Crippen LogP contribution is 2.19. The number of nitrogens with zero attached hydrogens (tertiary/aromatic N) is 1. The number of ether oxygens (including phenoxy) is 2. The van der Waals surface area contributed by atoms with Crippen LogP contribution in [0.25, 0.3) is 0 Å². The van der Waals surface area contributed by atoms with E-state index in [1.807, 2.05) is 25.1 Å².